The van der Waals surface area contributed by atoms with E-state index in [-0.39, 0.29) is 17.1 Å². The normalized spacial score (nSPS) is 13.1. The Kier molecular flexibility index (Phi) is 9.43. The van der Waals surface area contributed by atoms with Crippen molar-refractivity contribution in [1.82, 2.24) is 24.9 Å². The third-order valence-corrected chi connectivity index (χ3v) is 9.15. The molecule has 0 saturated carbocycles. The SMILES string of the molecule is O=C(O)CC(NS(=O)(=O)c1ccc(S(=O)c2ccccc2)cc1)C(=O)Cn1nnc(Cc2c(Cl)cccc2Cl)n1. The lowest BCUT2D eigenvalue weighted by Crippen LogP contribution is -2.43. The molecular weight excluding hydrogens is 601 g/mol. The van der Waals surface area contributed by atoms with Gasteiger partial charge >= 0.3 is 5.97 Å². The van der Waals surface area contributed by atoms with Crippen LogP contribution in [0.2, 0.25) is 10.0 Å². The number of carbonyl (C=O) groups is 2. The number of aliphatic carboxylic acids is 1. The summed E-state index contributed by atoms with van der Waals surface area (Å²) in [5, 5.41) is 21.9. The van der Waals surface area contributed by atoms with Crippen LogP contribution < -0.4 is 4.72 Å². The van der Waals surface area contributed by atoms with Crippen LogP contribution in [0.25, 0.3) is 0 Å². The van der Waals surface area contributed by atoms with Crippen LogP contribution in [0.15, 0.2) is 87.5 Å². The Bertz CT molecular complexity index is 1640. The molecule has 2 N–H and O–H groups in total. The molecule has 0 aliphatic heterocycles. The number of sulfonamides is 1. The lowest BCUT2D eigenvalue weighted by atomic mass is 10.1. The monoisotopic (exact) mass is 621 g/mol. The minimum atomic E-state index is -4.32. The van der Waals surface area contributed by atoms with Crippen LogP contribution in [0.4, 0.5) is 0 Å². The quantitative estimate of drug-likeness (QED) is 0.242. The fourth-order valence-electron chi connectivity index (χ4n) is 3.60. The molecule has 0 bridgehead atoms. The predicted octanol–water partition coefficient (Wildman–Crippen LogP) is 3.13. The number of rotatable bonds is 12. The highest BCUT2D eigenvalue weighted by molar-refractivity contribution is 7.89. The molecule has 4 rings (SSSR count). The highest BCUT2D eigenvalue weighted by Crippen LogP contribution is 2.26. The van der Waals surface area contributed by atoms with Gasteiger partial charge in [-0.3, -0.25) is 9.59 Å². The molecule has 11 nitrogen and oxygen atoms in total. The van der Waals surface area contributed by atoms with Crippen LogP contribution in [-0.4, -0.2) is 55.7 Å². The summed E-state index contributed by atoms with van der Waals surface area (Å²) in [6.07, 6.45) is -0.687. The Morgan fingerprint density at radius 2 is 1.57 bits per heavy atom. The zero-order valence-electron chi connectivity index (χ0n) is 20.5. The van der Waals surface area contributed by atoms with Crippen molar-refractivity contribution in [2.24, 2.45) is 0 Å². The van der Waals surface area contributed by atoms with Crippen LogP contribution in [0.1, 0.15) is 17.8 Å². The second-order valence-electron chi connectivity index (χ2n) is 8.40. The maximum Gasteiger partial charge on any atom is 0.305 e. The summed E-state index contributed by atoms with van der Waals surface area (Å²) in [4.78, 5) is 26.0. The van der Waals surface area contributed by atoms with Crippen molar-refractivity contribution in [2.75, 3.05) is 0 Å². The summed E-state index contributed by atoms with van der Waals surface area (Å²) in [7, 11) is -5.85. The number of benzene rings is 3. The van der Waals surface area contributed by atoms with Crippen molar-refractivity contribution in [3.63, 3.8) is 0 Å². The van der Waals surface area contributed by atoms with Gasteiger partial charge in [-0.1, -0.05) is 47.5 Å². The number of carboxylic acids is 1. The van der Waals surface area contributed by atoms with Crippen molar-refractivity contribution >= 4 is 55.8 Å². The van der Waals surface area contributed by atoms with E-state index < -0.39 is 51.6 Å². The first-order valence-electron chi connectivity index (χ1n) is 11.6. The van der Waals surface area contributed by atoms with Crippen molar-refractivity contribution in [3.8, 4) is 0 Å². The van der Waals surface area contributed by atoms with Crippen molar-refractivity contribution in [3.05, 3.63) is 94.2 Å². The molecule has 3 aromatic carbocycles. The van der Waals surface area contributed by atoms with Gasteiger partial charge in [0, 0.05) is 26.3 Å². The fraction of sp³-hybridized carbons (Fsp3) is 0.160. The number of Topliss-reactive ketones (excluding diaryl/α,β-unsaturated/α-hetero) is 1. The molecule has 2 atom stereocenters. The van der Waals surface area contributed by atoms with E-state index in [1.165, 1.54) is 24.3 Å². The molecule has 15 heteroatoms. The summed E-state index contributed by atoms with van der Waals surface area (Å²) >= 11 is 12.3. The lowest BCUT2D eigenvalue weighted by molar-refractivity contribution is -0.139. The Labute approximate surface area is 241 Å². The maximum atomic E-state index is 13.0. The van der Waals surface area contributed by atoms with Gasteiger partial charge in [0.1, 0.15) is 6.54 Å². The highest BCUT2D eigenvalue weighted by atomic mass is 35.5. The average Bonchev–Trinajstić information content (AvgIpc) is 3.37. The molecule has 2 unspecified atom stereocenters. The van der Waals surface area contributed by atoms with Crippen LogP contribution in [-0.2, 0) is 43.4 Å². The van der Waals surface area contributed by atoms with Gasteiger partial charge in [-0.05, 0) is 59.3 Å². The molecule has 0 radical (unpaired) electrons. The van der Waals surface area contributed by atoms with Gasteiger partial charge in [-0.15, -0.1) is 10.2 Å². The standard InChI is InChI=1S/C25H21Cl2N5O6S2/c26-20-7-4-8-21(27)19(20)13-24-28-31-32(29-24)15-23(33)22(14-25(34)35)30-40(37,38)18-11-9-17(10-12-18)39(36)16-5-2-1-3-6-16/h1-12,22,30H,13-15H2,(H,34,35). The number of carboxylic acid groups (broad SMARTS) is 1. The Hall–Kier alpha value is -3.49. The van der Waals surface area contributed by atoms with E-state index in [0.29, 0.717) is 25.4 Å². The Morgan fingerprint density at radius 1 is 0.950 bits per heavy atom. The maximum absolute atomic E-state index is 13.0. The molecule has 0 fully saturated rings. The van der Waals surface area contributed by atoms with Gasteiger partial charge in [0.15, 0.2) is 11.6 Å². The predicted molar refractivity (Wildman–Crippen MR) is 146 cm³/mol. The molecule has 40 heavy (non-hydrogen) atoms. The van der Waals surface area contributed by atoms with Gasteiger partial charge in [-0.2, -0.15) is 9.52 Å². The van der Waals surface area contributed by atoms with E-state index in [4.69, 9.17) is 23.2 Å². The minimum absolute atomic E-state index is 0.128. The number of ketones is 1. The molecule has 1 heterocycles. The largest absolute Gasteiger partial charge is 0.481 e. The van der Waals surface area contributed by atoms with E-state index in [1.807, 2.05) is 0 Å². The summed E-state index contributed by atoms with van der Waals surface area (Å²) in [5.74, 6) is -1.99. The molecule has 0 saturated heterocycles. The van der Waals surface area contributed by atoms with Gasteiger partial charge in [0.05, 0.1) is 28.2 Å². The van der Waals surface area contributed by atoms with Crippen molar-refractivity contribution in [1.29, 1.82) is 0 Å². The lowest BCUT2D eigenvalue weighted by Gasteiger charge is -2.16. The smallest absolute Gasteiger partial charge is 0.305 e. The molecule has 4 aromatic rings. The zero-order chi connectivity index (χ0) is 28.9. The topological polar surface area (TPSA) is 161 Å². The first-order valence-corrected chi connectivity index (χ1v) is 15.0. The van der Waals surface area contributed by atoms with Crippen LogP contribution in [0.3, 0.4) is 0 Å². The Morgan fingerprint density at radius 3 is 2.20 bits per heavy atom. The van der Waals surface area contributed by atoms with Crippen molar-refractivity contribution in [2.45, 2.75) is 40.1 Å². The third-order valence-electron chi connectivity index (χ3n) is 5.56. The molecule has 0 spiro atoms. The van der Waals surface area contributed by atoms with E-state index in [0.717, 1.165) is 4.80 Å². The van der Waals surface area contributed by atoms with Gasteiger partial charge in [-0.25, -0.2) is 12.6 Å². The molecule has 0 aliphatic carbocycles. The third kappa shape index (κ3) is 7.37. The zero-order valence-corrected chi connectivity index (χ0v) is 23.6. The minimum Gasteiger partial charge on any atom is -0.481 e. The second-order valence-corrected chi connectivity index (χ2v) is 12.4. The second kappa shape index (κ2) is 12.8. The molecular formula is C25H21Cl2N5O6S2. The number of aromatic nitrogens is 4. The van der Waals surface area contributed by atoms with Crippen LogP contribution >= 0.6 is 23.2 Å². The molecule has 1 aromatic heterocycles. The number of nitrogens with zero attached hydrogens (tertiary/aromatic N) is 4. The first kappa shape index (κ1) is 29.5. The van der Waals surface area contributed by atoms with Crippen LogP contribution in [0, 0.1) is 0 Å². The number of hydrogen-bond acceptors (Lipinski definition) is 8. The summed E-state index contributed by atoms with van der Waals surface area (Å²) in [6.45, 7) is -0.543. The van der Waals surface area contributed by atoms with E-state index in [9.17, 15) is 27.3 Å². The van der Waals surface area contributed by atoms with Gasteiger partial charge in [0.2, 0.25) is 10.0 Å². The average molecular weight is 623 g/mol. The van der Waals surface area contributed by atoms with E-state index in [1.54, 1.807) is 48.5 Å². The van der Waals surface area contributed by atoms with Gasteiger partial charge in [0.25, 0.3) is 0 Å². The van der Waals surface area contributed by atoms with E-state index in [2.05, 4.69) is 20.1 Å². The highest BCUT2D eigenvalue weighted by Gasteiger charge is 2.29. The number of nitrogens with one attached hydrogen (secondary N) is 1. The number of halogens is 2. The first-order chi connectivity index (χ1) is 19.0. The van der Waals surface area contributed by atoms with Crippen molar-refractivity contribution < 1.29 is 27.3 Å². The summed E-state index contributed by atoms with van der Waals surface area (Å²) in [5.41, 5.74) is 0.562. The number of carbonyl (C=O) groups excluding carboxylic acids is 1. The fourth-order valence-corrected chi connectivity index (χ4v) is 6.41. The number of tetrazole rings is 1. The molecule has 0 amide bonds. The Balaban J connectivity index is 1.46. The summed E-state index contributed by atoms with van der Waals surface area (Å²) < 4.78 is 40.8. The van der Waals surface area contributed by atoms with Crippen LogP contribution in [0.5, 0.6) is 0 Å². The van der Waals surface area contributed by atoms with E-state index >= 15 is 0 Å². The molecule has 208 valence electrons. The van der Waals surface area contributed by atoms with Gasteiger partial charge < -0.3 is 5.11 Å². The molecule has 0 aliphatic rings. The number of hydrogen-bond donors (Lipinski definition) is 2. The summed E-state index contributed by atoms with van der Waals surface area (Å²) in [6, 6.07) is 17.2.